The number of oxime groups is 2. The maximum absolute atomic E-state index is 8.85. The Morgan fingerprint density at radius 1 is 1.38 bits per heavy atom. The molecule has 5 nitrogen and oxygen atoms in total. The minimum atomic E-state index is -0.632. The van der Waals surface area contributed by atoms with E-state index in [4.69, 9.17) is 38.0 Å². The molecule has 1 atom stereocenters. The van der Waals surface area contributed by atoms with Crippen molar-refractivity contribution >= 4 is 34.6 Å². The second-order valence-corrected chi connectivity index (χ2v) is 6.35. The van der Waals surface area contributed by atoms with Gasteiger partial charge in [-0.15, -0.1) is 23.2 Å². The van der Waals surface area contributed by atoms with E-state index < -0.39 is 4.33 Å². The van der Waals surface area contributed by atoms with Gasteiger partial charge in [0.15, 0.2) is 0 Å². The molecule has 0 spiro atoms. The van der Waals surface area contributed by atoms with Crippen molar-refractivity contribution in [2.24, 2.45) is 16.2 Å². The number of rotatable bonds is 6. The van der Waals surface area contributed by atoms with Gasteiger partial charge >= 0.3 is 0 Å². The third-order valence-electron chi connectivity index (χ3n) is 3.21. The first-order chi connectivity index (χ1) is 9.97. The van der Waals surface area contributed by atoms with Crippen LogP contribution in [0.5, 0.6) is 5.75 Å². The van der Waals surface area contributed by atoms with Gasteiger partial charge in [0, 0.05) is 11.5 Å². The molecule has 1 aliphatic carbocycles. The van der Waals surface area contributed by atoms with E-state index in [2.05, 4.69) is 10.3 Å². The summed E-state index contributed by atoms with van der Waals surface area (Å²) < 4.78 is 5.00. The summed E-state index contributed by atoms with van der Waals surface area (Å²) >= 11 is 11.9. The highest BCUT2D eigenvalue weighted by Gasteiger charge is 2.52. The molecule has 21 heavy (non-hydrogen) atoms. The lowest BCUT2D eigenvalue weighted by Gasteiger charge is -2.08. The lowest BCUT2D eigenvalue weighted by molar-refractivity contribution is 0.214. The molecule has 1 N–H and O–H groups in total. The Bertz CT molecular complexity index is 556. The molecule has 1 aromatic rings. The summed E-state index contributed by atoms with van der Waals surface area (Å²) in [4.78, 5) is 4.76. The summed E-state index contributed by atoms with van der Waals surface area (Å²) in [6.45, 7) is 2.12. The lowest BCUT2D eigenvalue weighted by atomic mass is 10.1. The lowest BCUT2D eigenvalue weighted by Crippen LogP contribution is -2.13. The zero-order valence-corrected chi connectivity index (χ0v) is 13.2. The van der Waals surface area contributed by atoms with E-state index in [0.29, 0.717) is 23.8 Å². The second kappa shape index (κ2) is 6.54. The Balaban J connectivity index is 2.02. The van der Waals surface area contributed by atoms with Crippen LogP contribution in [0.25, 0.3) is 0 Å². The van der Waals surface area contributed by atoms with Crippen LogP contribution >= 0.6 is 23.2 Å². The fraction of sp³-hybridized carbons (Fsp3) is 0.429. The number of hydrogen-bond donors (Lipinski definition) is 1. The molecule has 0 radical (unpaired) electrons. The van der Waals surface area contributed by atoms with Crippen LogP contribution in [0.2, 0.25) is 0 Å². The molecule has 1 unspecified atom stereocenters. The third kappa shape index (κ3) is 4.02. The zero-order chi connectivity index (χ0) is 15.5. The number of benzene rings is 1. The van der Waals surface area contributed by atoms with E-state index in [0.717, 1.165) is 12.0 Å². The largest absolute Gasteiger partial charge is 0.493 e. The van der Waals surface area contributed by atoms with E-state index >= 15 is 0 Å². The maximum atomic E-state index is 8.85. The molecule has 7 heteroatoms. The van der Waals surface area contributed by atoms with Crippen molar-refractivity contribution in [2.75, 3.05) is 13.7 Å². The molecule has 1 aromatic carbocycles. The highest BCUT2D eigenvalue weighted by Crippen LogP contribution is 2.53. The molecule has 0 aliphatic heterocycles. The molecule has 1 fully saturated rings. The van der Waals surface area contributed by atoms with Gasteiger partial charge in [-0.2, -0.15) is 0 Å². The Hall–Kier alpha value is -1.46. The van der Waals surface area contributed by atoms with E-state index in [-0.39, 0.29) is 5.92 Å². The van der Waals surface area contributed by atoms with Crippen LogP contribution in [0.1, 0.15) is 18.9 Å². The highest BCUT2D eigenvalue weighted by molar-refractivity contribution is 6.50. The summed E-state index contributed by atoms with van der Waals surface area (Å²) in [5.74, 6) is 0.889. The molecular formula is C14H16Cl2N2O3. The van der Waals surface area contributed by atoms with Crippen molar-refractivity contribution in [2.45, 2.75) is 17.7 Å². The predicted molar refractivity (Wildman–Crippen MR) is 82.9 cm³/mol. The van der Waals surface area contributed by atoms with Crippen LogP contribution < -0.4 is 4.74 Å². The Morgan fingerprint density at radius 3 is 2.48 bits per heavy atom. The van der Waals surface area contributed by atoms with Crippen LogP contribution in [0.3, 0.4) is 0 Å². The van der Waals surface area contributed by atoms with E-state index in [1.165, 1.54) is 7.11 Å². The molecular weight excluding hydrogens is 315 g/mol. The van der Waals surface area contributed by atoms with Crippen molar-refractivity contribution in [3.05, 3.63) is 29.8 Å². The maximum Gasteiger partial charge on any atom is 0.134 e. The van der Waals surface area contributed by atoms with Crippen LogP contribution in [-0.4, -0.2) is 34.7 Å². The van der Waals surface area contributed by atoms with Crippen molar-refractivity contribution in [1.29, 1.82) is 0 Å². The van der Waals surface area contributed by atoms with Crippen molar-refractivity contribution in [3.63, 3.8) is 0 Å². The smallest absolute Gasteiger partial charge is 0.134 e. The van der Waals surface area contributed by atoms with Gasteiger partial charge < -0.3 is 14.8 Å². The number of ether oxygens (including phenoxy) is 1. The number of nitrogens with zero attached hydrogens (tertiary/aromatic N) is 2. The van der Waals surface area contributed by atoms with Gasteiger partial charge in [-0.25, -0.2) is 0 Å². The van der Waals surface area contributed by atoms with Crippen LogP contribution in [-0.2, 0) is 4.84 Å². The molecule has 0 heterocycles. The third-order valence-corrected chi connectivity index (χ3v) is 4.14. The van der Waals surface area contributed by atoms with Crippen molar-refractivity contribution in [1.82, 2.24) is 0 Å². The van der Waals surface area contributed by atoms with Crippen LogP contribution in [0.4, 0.5) is 0 Å². The standard InChI is InChI=1S/C14H16Cl2N2O3/c1-9(17-19)13(18-20-2)10-3-5-12(6-4-10)21-8-11-7-14(11,15)16/h3-6,11,19H,7-8H2,1-2H3/b17-9+,18-13-. The first-order valence-electron chi connectivity index (χ1n) is 6.39. The first kappa shape index (κ1) is 15.9. The van der Waals surface area contributed by atoms with Gasteiger partial charge in [-0.1, -0.05) is 10.3 Å². The summed E-state index contributed by atoms with van der Waals surface area (Å²) in [6, 6.07) is 7.22. The first-order valence-corrected chi connectivity index (χ1v) is 7.14. The van der Waals surface area contributed by atoms with Gasteiger partial charge in [0.05, 0.1) is 6.61 Å². The molecule has 0 amide bonds. The average molecular weight is 331 g/mol. The number of alkyl halides is 2. The molecule has 1 saturated carbocycles. The second-order valence-electron chi connectivity index (χ2n) is 4.81. The number of halogens is 2. The van der Waals surface area contributed by atoms with Gasteiger partial charge in [0.1, 0.15) is 28.6 Å². The molecule has 0 bridgehead atoms. The summed E-state index contributed by atoms with van der Waals surface area (Å²) in [5.41, 5.74) is 1.57. The quantitative estimate of drug-likeness (QED) is 0.376. The van der Waals surface area contributed by atoms with Crippen LogP contribution in [0.15, 0.2) is 34.6 Å². The SMILES string of the molecule is CO/N=C(/C(C)=N/O)c1ccc(OCC2CC2(Cl)Cl)cc1. The van der Waals surface area contributed by atoms with Crippen molar-refractivity contribution < 1.29 is 14.8 Å². The minimum Gasteiger partial charge on any atom is -0.493 e. The molecule has 0 saturated heterocycles. The summed E-state index contributed by atoms with van der Waals surface area (Å²) in [7, 11) is 1.43. The molecule has 114 valence electrons. The zero-order valence-electron chi connectivity index (χ0n) is 11.7. The number of hydrogen-bond acceptors (Lipinski definition) is 5. The normalized spacial score (nSPS) is 21.0. The van der Waals surface area contributed by atoms with E-state index in [1.54, 1.807) is 19.1 Å². The fourth-order valence-corrected chi connectivity index (χ4v) is 2.32. The minimum absolute atomic E-state index is 0.176. The monoisotopic (exact) mass is 330 g/mol. The Morgan fingerprint density at radius 2 is 2.00 bits per heavy atom. The highest BCUT2D eigenvalue weighted by atomic mass is 35.5. The van der Waals surface area contributed by atoms with Gasteiger partial charge in [0.25, 0.3) is 0 Å². The molecule has 1 aliphatic rings. The Labute approximate surface area is 133 Å². The summed E-state index contributed by atoms with van der Waals surface area (Å²) in [6.07, 6.45) is 0.755. The molecule has 0 aromatic heterocycles. The van der Waals surface area contributed by atoms with Gasteiger partial charge in [0.2, 0.25) is 0 Å². The van der Waals surface area contributed by atoms with E-state index in [9.17, 15) is 0 Å². The van der Waals surface area contributed by atoms with Crippen molar-refractivity contribution in [3.8, 4) is 5.75 Å². The van der Waals surface area contributed by atoms with Gasteiger partial charge in [-0.3, -0.25) is 0 Å². The summed E-state index contributed by atoms with van der Waals surface area (Å²) in [5, 5.41) is 15.8. The predicted octanol–water partition coefficient (Wildman–Crippen LogP) is 3.46. The topological polar surface area (TPSA) is 63.4 Å². The fourth-order valence-electron chi connectivity index (χ4n) is 1.82. The van der Waals surface area contributed by atoms with Crippen LogP contribution in [0, 0.1) is 5.92 Å². The Kier molecular flexibility index (Phi) is 4.96. The molecule has 2 rings (SSSR count). The van der Waals surface area contributed by atoms with E-state index in [1.807, 2.05) is 12.1 Å². The average Bonchev–Trinajstić information content (AvgIpc) is 3.10. The van der Waals surface area contributed by atoms with Gasteiger partial charge in [-0.05, 0) is 37.6 Å².